The van der Waals surface area contributed by atoms with Gasteiger partial charge in [-0.05, 0) is 71.9 Å². The molecule has 0 aromatic heterocycles. The second-order valence-corrected chi connectivity index (χ2v) is 8.05. The van der Waals surface area contributed by atoms with Gasteiger partial charge in [-0.25, -0.2) is 4.99 Å². The molecule has 1 heterocycles. The van der Waals surface area contributed by atoms with Crippen LogP contribution in [0.5, 0.6) is 0 Å². The third-order valence-corrected chi connectivity index (χ3v) is 6.48. The third-order valence-electron chi connectivity index (χ3n) is 6.48. The molecule has 27 heavy (non-hydrogen) atoms. The maximum atomic E-state index is 4.86. The second-order valence-electron chi connectivity index (χ2n) is 8.05. The van der Waals surface area contributed by atoms with Gasteiger partial charge in [-0.3, -0.25) is 4.99 Å². The molecule has 0 atom stereocenters. The van der Waals surface area contributed by atoms with Gasteiger partial charge in [0.25, 0.3) is 0 Å². The average Bonchev–Trinajstić information content (AvgIpc) is 3.18. The van der Waals surface area contributed by atoms with Gasteiger partial charge in [-0.1, -0.05) is 56.8 Å². The summed E-state index contributed by atoms with van der Waals surface area (Å²) in [6, 6.07) is 15.1. The predicted molar refractivity (Wildman–Crippen MR) is 116 cm³/mol. The number of fused-ring (bicyclic) bond motifs is 1. The van der Waals surface area contributed by atoms with E-state index >= 15 is 0 Å². The van der Waals surface area contributed by atoms with Crippen LogP contribution in [0.15, 0.2) is 59.0 Å². The van der Waals surface area contributed by atoms with Crippen molar-refractivity contribution < 1.29 is 0 Å². The molecule has 0 amide bonds. The van der Waals surface area contributed by atoms with Crippen molar-refractivity contribution in [1.29, 1.82) is 0 Å². The van der Waals surface area contributed by atoms with E-state index in [0.717, 1.165) is 30.0 Å². The Bertz CT molecular complexity index is 958. The maximum Gasteiger partial charge on any atom is 0.155 e. The maximum absolute atomic E-state index is 4.86. The molecule has 138 valence electrons. The van der Waals surface area contributed by atoms with E-state index in [1.165, 1.54) is 40.7 Å². The molecule has 0 radical (unpaired) electrons. The Morgan fingerprint density at radius 2 is 1.78 bits per heavy atom. The molecule has 2 aromatic rings. The summed E-state index contributed by atoms with van der Waals surface area (Å²) >= 11 is 0. The van der Waals surface area contributed by atoms with E-state index < -0.39 is 0 Å². The topological polar surface area (TPSA) is 24.7 Å². The summed E-state index contributed by atoms with van der Waals surface area (Å²) in [6.45, 7) is 11.8. The molecule has 0 saturated carbocycles. The van der Waals surface area contributed by atoms with Crippen LogP contribution in [0.25, 0.3) is 5.57 Å². The lowest BCUT2D eigenvalue weighted by atomic mass is 9.66. The zero-order valence-corrected chi connectivity index (χ0v) is 16.7. The van der Waals surface area contributed by atoms with Crippen LogP contribution in [0.1, 0.15) is 60.9 Å². The normalized spacial score (nSPS) is 18.1. The van der Waals surface area contributed by atoms with Crippen molar-refractivity contribution >= 4 is 17.1 Å². The summed E-state index contributed by atoms with van der Waals surface area (Å²) < 4.78 is 0. The fourth-order valence-electron chi connectivity index (χ4n) is 4.48. The fourth-order valence-corrected chi connectivity index (χ4v) is 4.48. The van der Waals surface area contributed by atoms with Crippen LogP contribution in [-0.2, 0) is 6.42 Å². The minimum absolute atomic E-state index is 0.387. The lowest BCUT2D eigenvalue weighted by molar-refractivity contribution is 0.261. The van der Waals surface area contributed by atoms with Gasteiger partial charge in [0.2, 0.25) is 0 Å². The molecular formula is C25H28N2. The Morgan fingerprint density at radius 1 is 1.00 bits per heavy atom. The van der Waals surface area contributed by atoms with Crippen LogP contribution in [-0.4, -0.2) is 18.1 Å². The van der Waals surface area contributed by atoms with Crippen LogP contribution in [0.2, 0.25) is 0 Å². The van der Waals surface area contributed by atoms with Crippen LogP contribution in [0, 0.1) is 12.3 Å². The highest BCUT2D eigenvalue weighted by Crippen LogP contribution is 2.45. The van der Waals surface area contributed by atoms with Crippen molar-refractivity contribution in [2.24, 2.45) is 15.4 Å². The molecule has 0 spiro atoms. The van der Waals surface area contributed by atoms with Gasteiger partial charge in [0.1, 0.15) is 0 Å². The van der Waals surface area contributed by atoms with Gasteiger partial charge in [0, 0.05) is 5.56 Å². The van der Waals surface area contributed by atoms with Gasteiger partial charge >= 0.3 is 0 Å². The van der Waals surface area contributed by atoms with Gasteiger partial charge in [0.05, 0.1) is 12.3 Å². The monoisotopic (exact) mass is 356 g/mol. The molecule has 0 fully saturated rings. The molecule has 2 aromatic carbocycles. The largest absolute Gasteiger partial charge is 0.260 e. The highest BCUT2D eigenvalue weighted by Gasteiger charge is 2.33. The number of aryl methyl sites for hydroxylation is 1. The van der Waals surface area contributed by atoms with E-state index in [-0.39, 0.29) is 0 Å². The van der Waals surface area contributed by atoms with Crippen LogP contribution in [0.3, 0.4) is 0 Å². The summed E-state index contributed by atoms with van der Waals surface area (Å²) in [5, 5.41) is 0. The van der Waals surface area contributed by atoms with Crippen molar-refractivity contribution in [1.82, 2.24) is 0 Å². The van der Waals surface area contributed by atoms with E-state index in [1.807, 2.05) is 0 Å². The van der Waals surface area contributed by atoms with Crippen molar-refractivity contribution in [2.75, 3.05) is 6.54 Å². The summed E-state index contributed by atoms with van der Waals surface area (Å²) in [4.78, 5) is 9.56. The Labute approximate surface area is 162 Å². The first kappa shape index (κ1) is 17.9. The number of rotatable bonds is 4. The number of aliphatic imine (C=N–C) groups is 2. The second kappa shape index (κ2) is 6.92. The van der Waals surface area contributed by atoms with E-state index in [0.29, 0.717) is 12.0 Å². The van der Waals surface area contributed by atoms with Crippen molar-refractivity contribution in [2.45, 2.75) is 46.5 Å². The van der Waals surface area contributed by atoms with E-state index in [4.69, 9.17) is 9.98 Å². The van der Waals surface area contributed by atoms with Crippen LogP contribution in [0.4, 0.5) is 0 Å². The predicted octanol–water partition coefficient (Wildman–Crippen LogP) is 6.01. The Hall–Kier alpha value is -2.48. The van der Waals surface area contributed by atoms with Gasteiger partial charge in [-0.15, -0.1) is 0 Å². The van der Waals surface area contributed by atoms with Gasteiger partial charge in [-0.2, -0.15) is 0 Å². The standard InChI is InChI=1S/C25H28N2/c1-5-25(6-2)14-18(4)22-13-19(11-12-20(22)15-25)23-16-26-24(27-23)21-10-8-7-9-17(21)3/h7-13H,4-6,14-16H2,1-3H3. The van der Waals surface area contributed by atoms with E-state index in [1.54, 1.807) is 0 Å². The van der Waals surface area contributed by atoms with Crippen molar-refractivity contribution in [3.05, 3.63) is 76.9 Å². The van der Waals surface area contributed by atoms with E-state index in [2.05, 4.69) is 69.8 Å². The zero-order valence-electron chi connectivity index (χ0n) is 16.7. The Balaban J connectivity index is 1.65. The lowest BCUT2D eigenvalue weighted by Crippen LogP contribution is -2.27. The summed E-state index contributed by atoms with van der Waals surface area (Å²) in [7, 11) is 0. The van der Waals surface area contributed by atoms with Crippen LogP contribution < -0.4 is 0 Å². The molecule has 2 aliphatic rings. The van der Waals surface area contributed by atoms with Crippen LogP contribution >= 0.6 is 0 Å². The molecule has 2 heteroatoms. The lowest BCUT2D eigenvalue weighted by Gasteiger charge is -2.38. The number of benzene rings is 2. The number of amidine groups is 1. The molecule has 2 nitrogen and oxygen atoms in total. The average molecular weight is 357 g/mol. The van der Waals surface area contributed by atoms with Gasteiger partial charge in [0.15, 0.2) is 5.84 Å². The molecule has 0 unspecified atom stereocenters. The molecule has 0 saturated heterocycles. The number of allylic oxidation sites excluding steroid dienone is 1. The zero-order chi connectivity index (χ0) is 19.0. The summed E-state index contributed by atoms with van der Waals surface area (Å²) in [5.41, 5.74) is 9.03. The highest BCUT2D eigenvalue weighted by molar-refractivity contribution is 6.17. The minimum atomic E-state index is 0.387. The smallest absolute Gasteiger partial charge is 0.155 e. The summed E-state index contributed by atoms with van der Waals surface area (Å²) in [6.07, 6.45) is 4.69. The third kappa shape index (κ3) is 3.18. The number of hydrogen-bond donors (Lipinski definition) is 0. The Kier molecular flexibility index (Phi) is 4.59. The highest BCUT2D eigenvalue weighted by atomic mass is 15.0. The fraction of sp³-hybridized carbons (Fsp3) is 0.360. The minimum Gasteiger partial charge on any atom is -0.260 e. The number of hydrogen-bond acceptors (Lipinski definition) is 2. The molecule has 1 aliphatic heterocycles. The van der Waals surface area contributed by atoms with E-state index in [9.17, 15) is 0 Å². The van der Waals surface area contributed by atoms with Gasteiger partial charge < -0.3 is 0 Å². The first-order valence-corrected chi connectivity index (χ1v) is 10.0. The van der Waals surface area contributed by atoms with Crippen molar-refractivity contribution in [3.63, 3.8) is 0 Å². The SMILES string of the molecule is C=C1CC(CC)(CC)Cc2ccc(C3=NC(c4ccccc4C)=NC3)cc21. The van der Waals surface area contributed by atoms with Crippen molar-refractivity contribution in [3.8, 4) is 0 Å². The first-order chi connectivity index (χ1) is 13.0. The molecule has 0 N–H and O–H groups in total. The molecule has 0 bridgehead atoms. The molecular weight excluding hydrogens is 328 g/mol. The molecule has 1 aliphatic carbocycles. The quantitative estimate of drug-likeness (QED) is 0.641. The Morgan fingerprint density at radius 3 is 2.52 bits per heavy atom. The number of nitrogens with zero attached hydrogens (tertiary/aromatic N) is 2. The first-order valence-electron chi connectivity index (χ1n) is 10.0. The molecule has 4 rings (SSSR count). The summed E-state index contributed by atoms with van der Waals surface area (Å²) in [5.74, 6) is 0.857.